The van der Waals surface area contributed by atoms with Gasteiger partial charge in [0.2, 0.25) is 11.8 Å². The molecule has 1 N–H and O–H groups in total. The van der Waals surface area contributed by atoms with Crippen LogP contribution in [0.3, 0.4) is 0 Å². The van der Waals surface area contributed by atoms with Crippen LogP contribution in [-0.2, 0) is 26.2 Å². The number of carbonyl (C=O) groups excluding carboxylic acids is 2. The molecule has 0 heterocycles. The molecule has 0 saturated heterocycles. The summed E-state index contributed by atoms with van der Waals surface area (Å²) in [6.07, 6.45) is 1.69. The van der Waals surface area contributed by atoms with Crippen molar-refractivity contribution >= 4 is 27.5 Å². The van der Waals surface area contributed by atoms with Crippen LogP contribution in [0.5, 0.6) is 5.75 Å². The Morgan fingerprint density at radius 2 is 1.68 bits per heavy atom. The van der Waals surface area contributed by atoms with Crippen molar-refractivity contribution < 1.29 is 27.1 Å². The van der Waals surface area contributed by atoms with Crippen molar-refractivity contribution in [2.45, 2.75) is 58.0 Å². The summed E-state index contributed by atoms with van der Waals surface area (Å²) in [6.45, 7) is 7.78. The number of hydrogen-bond acceptors (Lipinski definition) is 5. The van der Waals surface area contributed by atoms with Gasteiger partial charge in [-0.1, -0.05) is 43.2 Å². The lowest BCUT2D eigenvalue weighted by molar-refractivity contribution is -0.139. The first-order valence-electron chi connectivity index (χ1n) is 13.7. The van der Waals surface area contributed by atoms with E-state index in [1.54, 1.807) is 6.92 Å². The molecule has 2 amide bonds. The van der Waals surface area contributed by atoms with Crippen LogP contribution in [0, 0.1) is 12.7 Å². The predicted molar refractivity (Wildman–Crippen MR) is 158 cm³/mol. The van der Waals surface area contributed by atoms with E-state index in [2.05, 4.69) is 5.32 Å². The summed E-state index contributed by atoms with van der Waals surface area (Å²) in [5.41, 5.74) is 1.90. The molecule has 0 aliphatic heterocycles. The van der Waals surface area contributed by atoms with Crippen LogP contribution in [0.4, 0.5) is 10.1 Å². The van der Waals surface area contributed by atoms with Gasteiger partial charge in [0.15, 0.2) is 0 Å². The molecule has 0 unspecified atom stereocenters. The van der Waals surface area contributed by atoms with Gasteiger partial charge in [-0.3, -0.25) is 13.9 Å². The number of nitrogens with zero attached hydrogens (tertiary/aromatic N) is 2. The average Bonchev–Trinajstić information content (AvgIpc) is 2.95. The first-order valence-corrected chi connectivity index (χ1v) is 15.1. The molecule has 0 aliphatic rings. The summed E-state index contributed by atoms with van der Waals surface area (Å²) in [5.74, 6) is -0.953. The van der Waals surface area contributed by atoms with Crippen LogP contribution in [0.1, 0.15) is 44.7 Å². The second-order valence-electron chi connectivity index (χ2n) is 9.72. The highest BCUT2D eigenvalue weighted by atomic mass is 32.2. The molecule has 0 bridgehead atoms. The van der Waals surface area contributed by atoms with Crippen molar-refractivity contribution in [2.24, 2.45) is 0 Å². The third kappa shape index (κ3) is 8.53. The molecular formula is C31H38FN3O5S. The van der Waals surface area contributed by atoms with E-state index in [0.717, 1.165) is 40.4 Å². The molecule has 10 heteroatoms. The lowest BCUT2D eigenvalue weighted by Crippen LogP contribution is -2.51. The molecule has 0 spiro atoms. The van der Waals surface area contributed by atoms with E-state index in [4.69, 9.17) is 4.74 Å². The van der Waals surface area contributed by atoms with Gasteiger partial charge >= 0.3 is 0 Å². The molecule has 41 heavy (non-hydrogen) atoms. The number of unbranched alkanes of at least 4 members (excludes halogenated alkanes) is 1. The van der Waals surface area contributed by atoms with E-state index in [9.17, 15) is 22.4 Å². The minimum atomic E-state index is -4.26. The number of rotatable bonds is 14. The van der Waals surface area contributed by atoms with Crippen molar-refractivity contribution in [3.05, 3.63) is 89.7 Å². The van der Waals surface area contributed by atoms with Gasteiger partial charge in [0.05, 0.1) is 17.2 Å². The van der Waals surface area contributed by atoms with E-state index >= 15 is 0 Å². The third-order valence-electron chi connectivity index (χ3n) is 6.55. The number of nitrogens with one attached hydrogen (secondary N) is 1. The molecule has 3 aromatic rings. The number of halogens is 1. The zero-order valence-corrected chi connectivity index (χ0v) is 24.8. The Kier molecular flexibility index (Phi) is 11.3. The van der Waals surface area contributed by atoms with Crippen LogP contribution < -0.4 is 14.4 Å². The van der Waals surface area contributed by atoms with Gasteiger partial charge in [0.25, 0.3) is 10.0 Å². The lowest BCUT2D eigenvalue weighted by Gasteiger charge is -2.32. The van der Waals surface area contributed by atoms with Crippen LogP contribution in [0.25, 0.3) is 0 Å². The molecule has 220 valence electrons. The summed E-state index contributed by atoms with van der Waals surface area (Å²) >= 11 is 0. The smallest absolute Gasteiger partial charge is 0.264 e. The van der Waals surface area contributed by atoms with Crippen molar-refractivity contribution in [1.29, 1.82) is 0 Å². The largest absolute Gasteiger partial charge is 0.494 e. The van der Waals surface area contributed by atoms with E-state index in [-0.39, 0.29) is 23.0 Å². The number of ether oxygens (including phenoxy) is 1. The number of benzene rings is 3. The molecule has 8 nitrogen and oxygen atoms in total. The fourth-order valence-corrected chi connectivity index (χ4v) is 5.68. The van der Waals surface area contributed by atoms with Gasteiger partial charge < -0.3 is 15.0 Å². The van der Waals surface area contributed by atoms with Gasteiger partial charge in [0.1, 0.15) is 24.2 Å². The minimum Gasteiger partial charge on any atom is -0.494 e. The summed E-state index contributed by atoms with van der Waals surface area (Å²) < 4.78 is 47.9. The van der Waals surface area contributed by atoms with Gasteiger partial charge in [-0.05, 0) is 81.3 Å². The van der Waals surface area contributed by atoms with Gasteiger partial charge in [-0.2, -0.15) is 0 Å². The monoisotopic (exact) mass is 583 g/mol. The first kappa shape index (κ1) is 31.6. The second-order valence-corrected chi connectivity index (χ2v) is 11.6. The summed E-state index contributed by atoms with van der Waals surface area (Å²) in [6, 6.07) is 17.4. The van der Waals surface area contributed by atoms with E-state index in [0.29, 0.717) is 18.9 Å². The zero-order valence-electron chi connectivity index (χ0n) is 24.0. The summed E-state index contributed by atoms with van der Waals surface area (Å²) in [5, 5.41) is 2.86. The number of sulfonamides is 1. The Morgan fingerprint density at radius 1 is 1.00 bits per heavy atom. The number of anilines is 1. The molecule has 1 atom stereocenters. The SMILES string of the molecule is CCCCNC(=O)[C@H](C)N(Cc1cccc(C)c1)C(=O)CN(c1ccc(F)cc1)S(=O)(=O)c1ccc(OCC)cc1. The molecule has 0 aromatic heterocycles. The van der Waals surface area contributed by atoms with Crippen molar-refractivity contribution in [2.75, 3.05) is 24.0 Å². The molecule has 3 aromatic carbocycles. The molecule has 0 fully saturated rings. The predicted octanol–water partition coefficient (Wildman–Crippen LogP) is 5.06. The van der Waals surface area contributed by atoms with Gasteiger partial charge in [-0.15, -0.1) is 0 Å². The van der Waals surface area contributed by atoms with Crippen LogP contribution in [0.2, 0.25) is 0 Å². The van der Waals surface area contributed by atoms with Crippen molar-refractivity contribution in [3.63, 3.8) is 0 Å². The second kappa shape index (κ2) is 14.6. The van der Waals surface area contributed by atoms with E-state index in [1.807, 2.05) is 45.0 Å². The third-order valence-corrected chi connectivity index (χ3v) is 8.34. The Labute approximate surface area is 242 Å². The van der Waals surface area contributed by atoms with Crippen LogP contribution in [-0.4, -0.2) is 50.9 Å². The molecule has 0 saturated carbocycles. The normalized spacial score (nSPS) is 11.9. The Hall–Kier alpha value is -3.92. The van der Waals surface area contributed by atoms with Crippen molar-refractivity contribution in [3.8, 4) is 5.75 Å². The zero-order chi connectivity index (χ0) is 30.0. The quantitative estimate of drug-likeness (QED) is 0.268. The number of carbonyl (C=O) groups is 2. The number of aryl methyl sites for hydroxylation is 1. The Morgan fingerprint density at radius 3 is 2.29 bits per heavy atom. The van der Waals surface area contributed by atoms with Crippen LogP contribution in [0.15, 0.2) is 77.7 Å². The Bertz CT molecular complexity index is 1410. The first-order chi connectivity index (χ1) is 19.6. The highest BCUT2D eigenvalue weighted by molar-refractivity contribution is 7.92. The van der Waals surface area contributed by atoms with E-state index in [1.165, 1.54) is 41.3 Å². The lowest BCUT2D eigenvalue weighted by atomic mass is 10.1. The minimum absolute atomic E-state index is 0.0614. The van der Waals surface area contributed by atoms with Crippen molar-refractivity contribution in [1.82, 2.24) is 10.2 Å². The molecule has 3 rings (SSSR count). The summed E-state index contributed by atoms with van der Waals surface area (Å²) in [4.78, 5) is 28.3. The highest BCUT2D eigenvalue weighted by Crippen LogP contribution is 2.26. The fourth-order valence-electron chi connectivity index (χ4n) is 4.26. The summed E-state index contributed by atoms with van der Waals surface area (Å²) in [7, 11) is -4.26. The van der Waals surface area contributed by atoms with Crippen LogP contribution >= 0.6 is 0 Å². The maximum atomic E-state index is 13.9. The van der Waals surface area contributed by atoms with E-state index < -0.39 is 34.3 Å². The highest BCUT2D eigenvalue weighted by Gasteiger charge is 2.32. The number of amides is 2. The standard InChI is InChI=1S/C31H38FN3O5S/c1-5-7-19-33-31(37)24(4)34(21-25-10-8-9-23(3)20-25)30(36)22-35(27-13-11-26(32)12-14-27)41(38,39)29-17-15-28(16-18-29)40-6-2/h8-18,20,24H,5-7,19,21-22H2,1-4H3,(H,33,37)/t24-/m0/s1. The molecular weight excluding hydrogens is 545 g/mol. The maximum absolute atomic E-state index is 13.9. The topological polar surface area (TPSA) is 96.0 Å². The Balaban J connectivity index is 1.99. The average molecular weight is 584 g/mol. The molecule has 0 radical (unpaired) electrons. The number of hydrogen-bond donors (Lipinski definition) is 1. The van der Waals surface area contributed by atoms with Gasteiger partial charge in [-0.25, -0.2) is 12.8 Å². The fraction of sp³-hybridized carbons (Fsp3) is 0.355. The maximum Gasteiger partial charge on any atom is 0.264 e. The molecule has 0 aliphatic carbocycles. The van der Waals surface area contributed by atoms with Gasteiger partial charge in [0, 0.05) is 13.1 Å².